The number of nitrogens with zero attached hydrogens (tertiary/aromatic N) is 4. The summed E-state index contributed by atoms with van der Waals surface area (Å²) in [5.41, 5.74) is 15.0. The van der Waals surface area contributed by atoms with Gasteiger partial charge in [-0.05, 0) is 80.9 Å². The summed E-state index contributed by atoms with van der Waals surface area (Å²) in [6.07, 6.45) is 0. The second kappa shape index (κ2) is 14.5. The average Bonchev–Trinajstić information content (AvgIpc) is 3.85. The molecule has 1 aliphatic rings. The summed E-state index contributed by atoms with van der Waals surface area (Å²) in [7, 11) is 0. The maximum atomic E-state index is 5.39. The lowest BCUT2D eigenvalue weighted by atomic mass is 9.67. The third-order valence-corrected chi connectivity index (χ3v) is 12.5. The Hall–Kier alpha value is -8.21. The molecule has 0 fully saturated rings. The number of rotatable bonds is 7. The third-order valence-electron chi connectivity index (χ3n) is 12.5. The first-order chi connectivity index (χ1) is 30.8. The lowest BCUT2D eigenvalue weighted by Crippen LogP contribution is -2.28. The van der Waals surface area contributed by atoms with Crippen molar-refractivity contribution in [2.45, 2.75) is 5.41 Å². The predicted molar refractivity (Wildman–Crippen MR) is 253 cm³/mol. The second-order valence-electron chi connectivity index (χ2n) is 15.9. The van der Waals surface area contributed by atoms with Crippen LogP contribution in [0.1, 0.15) is 22.3 Å². The van der Waals surface area contributed by atoms with Crippen LogP contribution >= 0.6 is 0 Å². The molecule has 11 aromatic rings. The Kier molecular flexibility index (Phi) is 8.36. The summed E-state index contributed by atoms with van der Waals surface area (Å²) in [6, 6.07) is 82.4. The molecular formula is C58H38N4. The van der Waals surface area contributed by atoms with Gasteiger partial charge in [0.25, 0.3) is 0 Å². The zero-order chi connectivity index (χ0) is 41.0. The van der Waals surface area contributed by atoms with Crippen LogP contribution < -0.4 is 0 Å². The maximum absolute atomic E-state index is 5.39. The minimum atomic E-state index is -0.608. The van der Waals surface area contributed by atoms with Crippen molar-refractivity contribution in [2.24, 2.45) is 0 Å². The minimum absolute atomic E-state index is 0.608. The Balaban J connectivity index is 1.21. The Morgan fingerprint density at radius 3 is 1.47 bits per heavy atom. The monoisotopic (exact) mass is 790 g/mol. The molecule has 290 valence electrons. The van der Waals surface area contributed by atoms with E-state index in [1.165, 1.54) is 49.7 Å². The third kappa shape index (κ3) is 5.58. The number of aromatic nitrogens is 4. The second-order valence-corrected chi connectivity index (χ2v) is 15.9. The number of benzene rings is 9. The first-order valence-corrected chi connectivity index (χ1v) is 21.1. The van der Waals surface area contributed by atoms with Gasteiger partial charge in [0, 0.05) is 33.2 Å². The van der Waals surface area contributed by atoms with Crippen molar-refractivity contribution in [1.29, 1.82) is 0 Å². The molecular weight excluding hydrogens is 753 g/mol. The van der Waals surface area contributed by atoms with E-state index in [0.717, 1.165) is 39.0 Å². The van der Waals surface area contributed by atoms with Gasteiger partial charge >= 0.3 is 0 Å². The van der Waals surface area contributed by atoms with Crippen molar-refractivity contribution in [1.82, 2.24) is 19.5 Å². The fraction of sp³-hybridized carbons (Fsp3) is 0.0172. The fourth-order valence-corrected chi connectivity index (χ4v) is 9.83. The van der Waals surface area contributed by atoms with Crippen molar-refractivity contribution in [2.75, 3.05) is 0 Å². The number of hydrogen-bond donors (Lipinski definition) is 0. The van der Waals surface area contributed by atoms with Gasteiger partial charge in [0.1, 0.15) is 0 Å². The summed E-state index contributed by atoms with van der Waals surface area (Å²) >= 11 is 0. The van der Waals surface area contributed by atoms with Crippen LogP contribution in [-0.4, -0.2) is 19.5 Å². The largest absolute Gasteiger partial charge is 0.309 e. The molecule has 4 heteroatoms. The first kappa shape index (κ1) is 35.7. The Morgan fingerprint density at radius 2 is 0.823 bits per heavy atom. The first-order valence-electron chi connectivity index (χ1n) is 21.1. The maximum Gasteiger partial charge on any atom is 0.164 e. The predicted octanol–water partition coefficient (Wildman–Crippen LogP) is 14.0. The zero-order valence-electron chi connectivity index (χ0n) is 33.7. The summed E-state index contributed by atoms with van der Waals surface area (Å²) in [4.78, 5) is 15.9. The van der Waals surface area contributed by atoms with E-state index in [1.54, 1.807) is 0 Å². The van der Waals surface area contributed by atoms with Crippen LogP contribution in [0.15, 0.2) is 231 Å². The van der Waals surface area contributed by atoms with E-state index < -0.39 is 5.41 Å². The molecule has 1 aliphatic carbocycles. The molecule has 0 amide bonds. The normalized spacial score (nSPS) is 12.6. The van der Waals surface area contributed by atoms with Crippen LogP contribution in [0.25, 0.3) is 83.9 Å². The van der Waals surface area contributed by atoms with Gasteiger partial charge in [0.2, 0.25) is 0 Å². The van der Waals surface area contributed by atoms with E-state index in [4.69, 9.17) is 15.0 Å². The van der Waals surface area contributed by atoms with Gasteiger partial charge in [-0.1, -0.05) is 194 Å². The summed E-state index contributed by atoms with van der Waals surface area (Å²) in [5, 5.41) is 2.42. The van der Waals surface area contributed by atoms with Crippen molar-refractivity contribution >= 4 is 21.8 Å². The molecule has 2 heterocycles. The van der Waals surface area contributed by atoms with Gasteiger partial charge in [0.15, 0.2) is 17.5 Å². The molecule has 0 N–H and O–H groups in total. The van der Waals surface area contributed by atoms with E-state index in [0.29, 0.717) is 17.5 Å². The SMILES string of the molecule is c1ccc(-c2nc(-c3ccccc3)nc(-c3cc4c(cc3-c3ccc5c6ccccc6n(-c6ccccc6)c5c3)-c3ccccc3C4(c3ccccc3)c3ccccc3)n2)cc1. The van der Waals surface area contributed by atoms with Crippen molar-refractivity contribution in [3.63, 3.8) is 0 Å². The van der Waals surface area contributed by atoms with Gasteiger partial charge in [0.05, 0.1) is 16.4 Å². The van der Waals surface area contributed by atoms with Gasteiger partial charge < -0.3 is 4.57 Å². The van der Waals surface area contributed by atoms with Crippen LogP contribution in [0.5, 0.6) is 0 Å². The van der Waals surface area contributed by atoms with Crippen molar-refractivity contribution in [3.05, 3.63) is 253 Å². The van der Waals surface area contributed by atoms with E-state index >= 15 is 0 Å². The van der Waals surface area contributed by atoms with Gasteiger partial charge in [-0.25, -0.2) is 15.0 Å². The van der Waals surface area contributed by atoms with Gasteiger partial charge in [-0.2, -0.15) is 0 Å². The lowest BCUT2D eigenvalue weighted by molar-refractivity contribution is 0.768. The highest BCUT2D eigenvalue weighted by Gasteiger charge is 2.46. The zero-order valence-corrected chi connectivity index (χ0v) is 33.7. The molecule has 62 heavy (non-hydrogen) atoms. The Labute approximate surface area is 360 Å². The lowest BCUT2D eigenvalue weighted by Gasteiger charge is -2.34. The Bertz CT molecular complexity index is 3340. The standard InChI is InChI=1S/C58H38N4/c1-6-20-39(21-7-1)55-59-56(40-22-8-2-9-23-40)61-57(60-55)50-38-52-49(45-30-16-18-32-51(45)58(52,42-24-10-3-11-25-42)43-26-12-4-13-27-43)37-48(50)41-34-35-47-46-31-17-19-33-53(46)62(54(47)36-41)44-28-14-5-15-29-44/h1-38H. The molecule has 0 aliphatic heterocycles. The minimum Gasteiger partial charge on any atom is -0.309 e. The van der Waals surface area contributed by atoms with E-state index in [9.17, 15) is 0 Å². The van der Waals surface area contributed by atoms with E-state index in [2.05, 4.69) is 199 Å². The number of para-hydroxylation sites is 2. The van der Waals surface area contributed by atoms with Crippen LogP contribution in [0.3, 0.4) is 0 Å². The number of hydrogen-bond acceptors (Lipinski definition) is 3. The summed E-state index contributed by atoms with van der Waals surface area (Å²) < 4.78 is 2.39. The number of fused-ring (bicyclic) bond motifs is 6. The molecule has 9 aromatic carbocycles. The smallest absolute Gasteiger partial charge is 0.164 e. The average molecular weight is 791 g/mol. The molecule has 0 saturated carbocycles. The fourth-order valence-electron chi connectivity index (χ4n) is 9.83. The molecule has 0 radical (unpaired) electrons. The Morgan fingerprint density at radius 1 is 0.306 bits per heavy atom. The highest BCUT2D eigenvalue weighted by molar-refractivity contribution is 6.10. The van der Waals surface area contributed by atoms with E-state index in [-0.39, 0.29) is 0 Å². The molecule has 2 aromatic heterocycles. The molecule has 0 bridgehead atoms. The molecule has 0 atom stereocenters. The quantitative estimate of drug-likeness (QED) is 0.161. The van der Waals surface area contributed by atoms with Crippen molar-refractivity contribution < 1.29 is 0 Å². The van der Waals surface area contributed by atoms with Gasteiger partial charge in [-0.15, -0.1) is 0 Å². The van der Waals surface area contributed by atoms with Crippen LogP contribution in [0, 0.1) is 0 Å². The molecule has 12 rings (SSSR count). The topological polar surface area (TPSA) is 43.6 Å². The summed E-state index contributed by atoms with van der Waals surface area (Å²) in [5.74, 6) is 1.87. The highest BCUT2D eigenvalue weighted by atomic mass is 15.0. The molecule has 0 spiro atoms. The van der Waals surface area contributed by atoms with Crippen LogP contribution in [0.4, 0.5) is 0 Å². The molecule has 0 unspecified atom stereocenters. The molecule has 0 saturated heterocycles. The van der Waals surface area contributed by atoms with Gasteiger partial charge in [-0.3, -0.25) is 0 Å². The van der Waals surface area contributed by atoms with Crippen molar-refractivity contribution in [3.8, 4) is 62.1 Å². The van der Waals surface area contributed by atoms with E-state index in [1.807, 2.05) is 36.4 Å². The van der Waals surface area contributed by atoms with Crippen LogP contribution in [-0.2, 0) is 5.41 Å². The van der Waals surface area contributed by atoms with Crippen LogP contribution in [0.2, 0.25) is 0 Å². The molecule has 4 nitrogen and oxygen atoms in total. The highest BCUT2D eigenvalue weighted by Crippen LogP contribution is 2.58. The summed E-state index contributed by atoms with van der Waals surface area (Å²) in [6.45, 7) is 0.